The molecule has 0 amide bonds. The van der Waals surface area contributed by atoms with E-state index >= 15 is 0 Å². The molecule has 1 aliphatic rings. The summed E-state index contributed by atoms with van der Waals surface area (Å²) in [6.45, 7) is 2.62. The maximum Gasteiger partial charge on any atom is 0.325 e. The number of aliphatic carboxylic acids is 1. The lowest BCUT2D eigenvalue weighted by atomic mass is 9.87. The summed E-state index contributed by atoms with van der Waals surface area (Å²) in [6, 6.07) is 2.64. The molecule has 2 N–H and O–H groups in total. The second kappa shape index (κ2) is 4.24. The zero-order valence-corrected chi connectivity index (χ0v) is 10.1. The van der Waals surface area contributed by atoms with Crippen LogP contribution < -0.4 is 5.32 Å². The lowest BCUT2D eigenvalue weighted by Gasteiger charge is -2.29. The van der Waals surface area contributed by atoms with E-state index in [9.17, 15) is 4.79 Å². The van der Waals surface area contributed by atoms with E-state index in [0.29, 0.717) is 22.2 Å². The Hall–Kier alpha value is -0.770. The number of nitrogens with one attached hydrogen (secondary N) is 1. The van der Waals surface area contributed by atoms with E-state index < -0.39 is 12.0 Å². The second-order valence-electron chi connectivity index (χ2n) is 3.97. The Morgan fingerprint density at radius 3 is 2.81 bits per heavy atom. The van der Waals surface area contributed by atoms with Gasteiger partial charge in [0.1, 0.15) is 6.04 Å². The van der Waals surface area contributed by atoms with Crippen molar-refractivity contribution in [2.75, 3.05) is 6.54 Å². The van der Waals surface area contributed by atoms with E-state index in [4.69, 9.17) is 28.3 Å². The maximum atomic E-state index is 11.1. The van der Waals surface area contributed by atoms with Crippen LogP contribution in [0, 0.1) is 0 Å². The smallest absolute Gasteiger partial charge is 0.325 e. The lowest BCUT2D eigenvalue weighted by molar-refractivity contribution is -0.139. The van der Waals surface area contributed by atoms with Gasteiger partial charge in [0, 0.05) is 22.2 Å². The largest absolute Gasteiger partial charge is 0.480 e. The monoisotopic (exact) mass is 259 g/mol. The fraction of sp³-hybridized carbons (Fsp3) is 0.364. The Morgan fingerprint density at radius 2 is 2.19 bits per heavy atom. The van der Waals surface area contributed by atoms with Crippen LogP contribution >= 0.6 is 23.2 Å². The van der Waals surface area contributed by atoms with Crippen molar-refractivity contribution in [2.24, 2.45) is 0 Å². The first-order chi connectivity index (χ1) is 7.50. The van der Waals surface area contributed by atoms with Gasteiger partial charge in [0.25, 0.3) is 0 Å². The molecule has 0 fully saturated rings. The van der Waals surface area contributed by atoms with Crippen molar-refractivity contribution < 1.29 is 9.90 Å². The molecule has 3 nitrogen and oxygen atoms in total. The van der Waals surface area contributed by atoms with Crippen LogP contribution in [0.3, 0.4) is 0 Å². The van der Waals surface area contributed by atoms with Gasteiger partial charge in [-0.05, 0) is 23.6 Å². The van der Waals surface area contributed by atoms with E-state index in [1.807, 2.05) is 6.92 Å². The maximum absolute atomic E-state index is 11.1. The van der Waals surface area contributed by atoms with Gasteiger partial charge >= 0.3 is 5.97 Å². The number of hydrogen-bond acceptors (Lipinski definition) is 2. The van der Waals surface area contributed by atoms with Crippen molar-refractivity contribution in [3.05, 3.63) is 33.3 Å². The third-order valence-electron chi connectivity index (χ3n) is 2.82. The first kappa shape index (κ1) is 11.7. The predicted octanol–water partition coefficient (Wildman–Crippen LogP) is 2.83. The van der Waals surface area contributed by atoms with Crippen LogP contribution in [-0.4, -0.2) is 17.6 Å². The third kappa shape index (κ3) is 1.90. The Balaban J connectivity index is 2.61. The average molecular weight is 260 g/mol. The van der Waals surface area contributed by atoms with Crippen molar-refractivity contribution in [3.8, 4) is 0 Å². The molecule has 1 aromatic carbocycles. The molecule has 1 heterocycles. The van der Waals surface area contributed by atoms with E-state index in [1.54, 1.807) is 12.1 Å². The van der Waals surface area contributed by atoms with Crippen molar-refractivity contribution in [2.45, 2.75) is 18.9 Å². The zero-order chi connectivity index (χ0) is 11.9. The SMILES string of the molecule is CC1CNC(C(=O)O)c2c(Cl)cc(Cl)cc21. The molecule has 5 heteroatoms. The third-order valence-corrected chi connectivity index (χ3v) is 3.35. The van der Waals surface area contributed by atoms with E-state index in [1.165, 1.54) is 0 Å². The fourth-order valence-corrected chi connectivity index (χ4v) is 2.65. The predicted molar refractivity (Wildman–Crippen MR) is 63.3 cm³/mol. The zero-order valence-electron chi connectivity index (χ0n) is 8.63. The van der Waals surface area contributed by atoms with Crippen LogP contribution in [0.2, 0.25) is 10.0 Å². The van der Waals surface area contributed by atoms with Crippen LogP contribution in [0.4, 0.5) is 0 Å². The van der Waals surface area contributed by atoms with Crippen LogP contribution in [0.1, 0.15) is 30.0 Å². The molecule has 1 aliphatic heterocycles. The number of rotatable bonds is 1. The highest BCUT2D eigenvalue weighted by Gasteiger charge is 2.31. The highest BCUT2D eigenvalue weighted by Crippen LogP contribution is 2.37. The van der Waals surface area contributed by atoms with Crippen molar-refractivity contribution in [3.63, 3.8) is 0 Å². The van der Waals surface area contributed by atoms with Gasteiger partial charge in [-0.3, -0.25) is 4.79 Å². The summed E-state index contributed by atoms with van der Waals surface area (Å²) >= 11 is 12.0. The van der Waals surface area contributed by atoms with E-state index in [0.717, 1.165) is 5.56 Å². The molecule has 0 spiro atoms. The van der Waals surface area contributed by atoms with Gasteiger partial charge in [-0.25, -0.2) is 0 Å². The molecule has 0 aliphatic carbocycles. The molecule has 16 heavy (non-hydrogen) atoms. The van der Waals surface area contributed by atoms with Crippen molar-refractivity contribution in [1.82, 2.24) is 5.32 Å². The van der Waals surface area contributed by atoms with Gasteiger partial charge in [0.2, 0.25) is 0 Å². The van der Waals surface area contributed by atoms with E-state index in [2.05, 4.69) is 5.32 Å². The molecule has 2 unspecified atom stereocenters. The molecule has 2 atom stereocenters. The molecule has 0 radical (unpaired) electrons. The summed E-state index contributed by atoms with van der Waals surface area (Å²) in [5, 5.41) is 13.0. The number of carboxylic acid groups (broad SMARTS) is 1. The number of fused-ring (bicyclic) bond motifs is 1. The first-order valence-electron chi connectivity index (χ1n) is 4.95. The summed E-state index contributed by atoms with van der Waals surface area (Å²) in [7, 11) is 0. The van der Waals surface area contributed by atoms with Gasteiger partial charge in [0.05, 0.1) is 0 Å². The molecule has 1 aromatic rings. The fourth-order valence-electron chi connectivity index (χ4n) is 2.03. The minimum atomic E-state index is -0.919. The Morgan fingerprint density at radius 1 is 1.50 bits per heavy atom. The Labute approximate surface area is 103 Å². The molecule has 0 aromatic heterocycles. The van der Waals surface area contributed by atoms with Crippen LogP contribution in [0.15, 0.2) is 12.1 Å². The van der Waals surface area contributed by atoms with Crippen molar-refractivity contribution >= 4 is 29.2 Å². The summed E-state index contributed by atoms with van der Waals surface area (Å²) in [5.74, 6) is -0.709. The molecular formula is C11H11Cl2NO2. The molecular weight excluding hydrogens is 249 g/mol. The van der Waals surface area contributed by atoms with Gasteiger partial charge in [-0.15, -0.1) is 0 Å². The number of halogens is 2. The van der Waals surface area contributed by atoms with Crippen LogP contribution in [0.5, 0.6) is 0 Å². The van der Waals surface area contributed by atoms with Gasteiger partial charge in [-0.2, -0.15) is 0 Å². The molecule has 86 valence electrons. The Kier molecular flexibility index (Phi) is 3.10. The topological polar surface area (TPSA) is 49.3 Å². The quantitative estimate of drug-likeness (QED) is 0.816. The number of carbonyl (C=O) groups is 1. The number of carboxylic acids is 1. The van der Waals surface area contributed by atoms with E-state index in [-0.39, 0.29) is 5.92 Å². The highest BCUT2D eigenvalue weighted by atomic mass is 35.5. The highest BCUT2D eigenvalue weighted by molar-refractivity contribution is 6.35. The summed E-state index contributed by atoms with van der Waals surface area (Å²) < 4.78 is 0. The van der Waals surface area contributed by atoms with Gasteiger partial charge in [0.15, 0.2) is 0 Å². The normalized spacial score (nSPS) is 23.9. The standard InChI is InChI=1S/C11H11Cl2NO2/c1-5-4-14-10(11(15)16)9-7(5)2-6(12)3-8(9)13/h2-3,5,10,14H,4H2,1H3,(H,15,16). The van der Waals surface area contributed by atoms with Gasteiger partial charge in [-0.1, -0.05) is 30.1 Å². The first-order valence-corrected chi connectivity index (χ1v) is 5.71. The van der Waals surface area contributed by atoms with Crippen molar-refractivity contribution in [1.29, 1.82) is 0 Å². The average Bonchev–Trinajstić information content (AvgIpc) is 2.19. The minimum absolute atomic E-state index is 0.210. The molecule has 0 bridgehead atoms. The van der Waals surface area contributed by atoms with Crippen LogP contribution in [-0.2, 0) is 4.79 Å². The molecule has 2 rings (SSSR count). The summed E-state index contributed by atoms with van der Waals surface area (Å²) in [5.41, 5.74) is 1.56. The number of hydrogen-bond donors (Lipinski definition) is 2. The molecule has 0 saturated heterocycles. The Bertz CT molecular complexity index is 448. The van der Waals surface area contributed by atoms with Gasteiger partial charge < -0.3 is 10.4 Å². The minimum Gasteiger partial charge on any atom is -0.480 e. The second-order valence-corrected chi connectivity index (χ2v) is 4.81. The molecule has 0 saturated carbocycles. The summed E-state index contributed by atoms with van der Waals surface area (Å²) in [6.07, 6.45) is 0. The number of benzene rings is 1. The summed E-state index contributed by atoms with van der Waals surface area (Å²) in [4.78, 5) is 11.1. The van der Waals surface area contributed by atoms with Crippen LogP contribution in [0.25, 0.3) is 0 Å². The lowest BCUT2D eigenvalue weighted by Crippen LogP contribution is -2.37.